The third-order valence-corrected chi connectivity index (χ3v) is 5.36. The van der Waals surface area contributed by atoms with Gasteiger partial charge in [0.05, 0.1) is 11.5 Å². The summed E-state index contributed by atoms with van der Waals surface area (Å²) < 4.78 is 26.8. The van der Waals surface area contributed by atoms with Crippen LogP contribution in [-0.4, -0.2) is 37.5 Å². The number of aliphatic hydroxyl groups excluding tert-OH is 1. The molecular formula is C16H23NO3S. The first-order chi connectivity index (χ1) is 9.95. The number of nitrogens with zero attached hydrogens (tertiary/aromatic N) is 1. The smallest absolute Gasteiger partial charge is 0.244 e. The van der Waals surface area contributed by atoms with Gasteiger partial charge < -0.3 is 5.11 Å². The Morgan fingerprint density at radius 3 is 2.62 bits per heavy atom. The van der Waals surface area contributed by atoms with Crippen LogP contribution in [0, 0.1) is 11.8 Å². The lowest BCUT2D eigenvalue weighted by atomic mass is 10.2. The Balaban J connectivity index is 3.18. The molecule has 0 fully saturated rings. The van der Waals surface area contributed by atoms with E-state index >= 15 is 0 Å². The predicted octanol–water partition coefficient (Wildman–Crippen LogP) is 2.23. The monoisotopic (exact) mass is 309 g/mol. The SMILES string of the molecule is CCCC(C)N(C)S(=O)(=O)c1ccccc1C#CCCO. The summed E-state index contributed by atoms with van der Waals surface area (Å²) in [6, 6.07) is 6.67. The van der Waals surface area contributed by atoms with Crippen molar-refractivity contribution in [3.8, 4) is 11.8 Å². The van der Waals surface area contributed by atoms with Crippen LogP contribution in [0.3, 0.4) is 0 Å². The van der Waals surface area contributed by atoms with E-state index in [9.17, 15) is 8.42 Å². The second kappa shape index (κ2) is 8.18. The van der Waals surface area contributed by atoms with Gasteiger partial charge in [-0.3, -0.25) is 0 Å². The number of rotatable bonds is 6. The van der Waals surface area contributed by atoms with E-state index in [-0.39, 0.29) is 17.5 Å². The van der Waals surface area contributed by atoms with Crippen LogP contribution in [-0.2, 0) is 10.0 Å². The van der Waals surface area contributed by atoms with Crippen LogP contribution in [0.4, 0.5) is 0 Å². The third kappa shape index (κ3) is 4.57. The quantitative estimate of drug-likeness (QED) is 0.820. The molecule has 5 heteroatoms. The standard InChI is InChI=1S/C16H23NO3S/c1-4-9-14(2)17(3)21(19,20)16-12-6-5-10-15(16)11-7-8-13-18/h5-6,10,12,14,18H,4,8-9,13H2,1-3H3. The van der Waals surface area contributed by atoms with Gasteiger partial charge in [-0.1, -0.05) is 37.3 Å². The molecule has 1 rings (SSSR count). The lowest BCUT2D eigenvalue weighted by Crippen LogP contribution is -2.35. The zero-order valence-electron chi connectivity index (χ0n) is 12.8. The molecule has 0 radical (unpaired) electrons. The van der Waals surface area contributed by atoms with Crippen LogP contribution < -0.4 is 0 Å². The van der Waals surface area contributed by atoms with Crippen molar-refractivity contribution >= 4 is 10.0 Å². The molecule has 1 unspecified atom stereocenters. The molecule has 0 bridgehead atoms. The van der Waals surface area contributed by atoms with Gasteiger partial charge in [0.2, 0.25) is 10.0 Å². The Morgan fingerprint density at radius 1 is 1.33 bits per heavy atom. The van der Waals surface area contributed by atoms with Crippen LogP contribution in [0.15, 0.2) is 29.2 Å². The van der Waals surface area contributed by atoms with Crippen molar-refractivity contribution in [1.82, 2.24) is 4.31 Å². The highest BCUT2D eigenvalue weighted by molar-refractivity contribution is 7.89. The molecule has 1 aromatic carbocycles. The first kappa shape index (κ1) is 17.7. The van der Waals surface area contributed by atoms with E-state index in [0.29, 0.717) is 12.0 Å². The minimum absolute atomic E-state index is 0.0324. The molecular weight excluding hydrogens is 286 g/mol. The van der Waals surface area contributed by atoms with Gasteiger partial charge in [-0.05, 0) is 25.5 Å². The van der Waals surface area contributed by atoms with Gasteiger partial charge in [-0.15, -0.1) is 0 Å². The zero-order chi connectivity index (χ0) is 15.9. The Bertz CT molecular complexity index is 614. The summed E-state index contributed by atoms with van der Waals surface area (Å²) in [5.41, 5.74) is 0.474. The number of sulfonamides is 1. The van der Waals surface area contributed by atoms with E-state index in [2.05, 4.69) is 11.8 Å². The number of hydrogen-bond donors (Lipinski definition) is 1. The molecule has 4 nitrogen and oxygen atoms in total. The van der Waals surface area contributed by atoms with E-state index < -0.39 is 10.0 Å². The minimum atomic E-state index is -3.56. The Kier molecular flexibility index (Phi) is 6.90. The largest absolute Gasteiger partial charge is 0.395 e. The van der Waals surface area contributed by atoms with E-state index in [4.69, 9.17) is 5.11 Å². The second-order valence-corrected chi connectivity index (χ2v) is 6.90. The first-order valence-electron chi connectivity index (χ1n) is 7.12. The lowest BCUT2D eigenvalue weighted by Gasteiger charge is -2.24. The highest BCUT2D eigenvalue weighted by Gasteiger charge is 2.26. The van der Waals surface area contributed by atoms with Gasteiger partial charge in [0.15, 0.2) is 0 Å². The Labute approximate surface area is 127 Å². The molecule has 0 spiro atoms. The fourth-order valence-electron chi connectivity index (χ4n) is 2.00. The molecule has 0 heterocycles. The summed E-state index contributed by atoms with van der Waals surface area (Å²) >= 11 is 0. The maximum Gasteiger partial charge on any atom is 0.244 e. The van der Waals surface area contributed by atoms with Crippen molar-refractivity contribution in [2.75, 3.05) is 13.7 Å². The molecule has 0 saturated heterocycles. The fraction of sp³-hybridized carbons (Fsp3) is 0.500. The van der Waals surface area contributed by atoms with Gasteiger partial charge in [0.25, 0.3) is 0 Å². The average molecular weight is 309 g/mol. The predicted molar refractivity (Wildman–Crippen MR) is 84.3 cm³/mol. The van der Waals surface area contributed by atoms with Crippen molar-refractivity contribution in [1.29, 1.82) is 0 Å². The molecule has 0 amide bonds. The van der Waals surface area contributed by atoms with Crippen LogP contribution in [0.25, 0.3) is 0 Å². The van der Waals surface area contributed by atoms with E-state index in [1.54, 1.807) is 31.3 Å². The van der Waals surface area contributed by atoms with Gasteiger partial charge >= 0.3 is 0 Å². The van der Waals surface area contributed by atoms with Crippen LogP contribution in [0.1, 0.15) is 38.7 Å². The van der Waals surface area contributed by atoms with Gasteiger partial charge in [-0.2, -0.15) is 4.31 Å². The van der Waals surface area contributed by atoms with Gasteiger partial charge in [-0.25, -0.2) is 8.42 Å². The van der Waals surface area contributed by atoms with Crippen molar-refractivity contribution in [3.05, 3.63) is 29.8 Å². The normalized spacial score (nSPS) is 12.8. The highest BCUT2D eigenvalue weighted by atomic mass is 32.2. The van der Waals surface area contributed by atoms with Crippen molar-refractivity contribution < 1.29 is 13.5 Å². The second-order valence-electron chi connectivity index (χ2n) is 4.93. The van der Waals surface area contributed by atoms with Crippen molar-refractivity contribution in [2.45, 2.75) is 44.0 Å². The summed E-state index contributed by atoms with van der Waals surface area (Å²) in [6.45, 7) is 3.90. The molecule has 0 aromatic heterocycles. The minimum Gasteiger partial charge on any atom is -0.395 e. The van der Waals surface area contributed by atoms with Gasteiger partial charge in [0.1, 0.15) is 0 Å². The lowest BCUT2D eigenvalue weighted by molar-refractivity contribution is 0.305. The van der Waals surface area contributed by atoms with Crippen LogP contribution in [0.2, 0.25) is 0 Å². The third-order valence-electron chi connectivity index (χ3n) is 3.33. The zero-order valence-corrected chi connectivity index (χ0v) is 13.7. The van der Waals surface area contributed by atoms with Crippen molar-refractivity contribution in [3.63, 3.8) is 0 Å². The van der Waals surface area contributed by atoms with E-state index in [1.807, 2.05) is 13.8 Å². The first-order valence-corrected chi connectivity index (χ1v) is 8.56. The summed E-state index contributed by atoms with van der Waals surface area (Å²) in [7, 11) is -1.96. The number of benzene rings is 1. The molecule has 21 heavy (non-hydrogen) atoms. The highest BCUT2D eigenvalue weighted by Crippen LogP contribution is 2.21. The molecule has 1 aromatic rings. The summed E-state index contributed by atoms with van der Waals surface area (Å²) in [6.07, 6.45) is 2.07. The molecule has 0 aliphatic carbocycles. The number of hydrogen-bond acceptors (Lipinski definition) is 3. The summed E-state index contributed by atoms with van der Waals surface area (Å²) in [5.74, 6) is 5.60. The molecule has 0 saturated carbocycles. The topological polar surface area (TPSA) is 57.6 Å². The molecule has 0 aliphatic rings. The summed E-state index contributed by atoms with van der Waals surface area (Å²) in [5, 5.41) is 8.76. The molecule has 0 aliphatic heterocycles. The fourth-order valence-corrected chi connectivity index (χ4v) is 3.54. The van der Waals surface area contributed by atoms with Crippen LogP contribution in [0.5, 0.6) is 0 Å². The van der Waals surface area contributed by atoms with Gasteiger partial charge in [0, 0.05) is 25.1 Å². The number of aliphatic hydroxyl groups is 1. The summed E-state index contributed by atoms with van der Waals surface area (Å²) in [4.78, 5) is 0.223. The molecule has 1 N–H and O–H groups in total. The molecule has 116 valence electrons. The van der Waals surface area contributed by atoms with Crippen LogP contribution >= 0.6 is 0 Å². The Hall–Kier alpha value is -1.35. The van der Waals surface area contributed by atoms with Crippen molar-refractivity contribution in [2.24, 2.45) is 0 Å². The Morgan fingerprint density at radius 2 is 2.00 bits per heavy atom. The maximum atomic E-state index is 12.7. The maximum absolute atomic E-state index is 12.7. The average Bonchev–Trinajstić information content (AvgIpc) is 2.47. The molecule has 1 atom stereocenters. The van der Waals surface area contributed by atoms with E-state index in [1.165, 1.54) is 4.31 Å². The van der Waals surface area contributed by atoms with E-state index in [0.717, 1.165) is 12.8 Å².